The van der Waals surface area contributed by atoms with Gasteiger partial charge >= 0.3 is 0 Å². The third-order valence-corrected chi connectivity index (χ3v) is 14.8. The molecule has 1 heterocycles. The van der Waals surface area contributed by atoms with Crippen LogP contribution in [0.3, 0.4) is 0 Å². The van der Waals surface area contributed by atoms with Gasteiger partial charge in [0.2, 0.25) is 0 Å². The highest BCUT2D eigenvalue weighted by Gasteiger charge is 2.56. The Hall–Kier alpha value is -7.42. The highest BCUT2D eigenvalue weighted by atomic mass is 16.3. The molecule has 9 aromatic carbocycles. The molecule has 2 bridgehead atoms. The smallest absolute Gasteiger partial charge is 0.136 e. The molecular weight excluding hydrogens is 763 g/mol. The lowest BCUT2D eigenvalue weighted by Crippen LogP contribution is -2.31. The Labute approximate surface area is 368 Å². The molecule has 2 saturated carbocycles. The van der Waals surface area contributed by atoms with E-state index in [0.717, 1.165) is 56.0 Å². The molecule has 3 atom stereocenters. The van der Waals surface area contributed by atoms with Gasteiger partial charge in [0.1, 0.15) is 11.2 Å². The predicted octanol–water partition coefficient (Wildman–Crippen LogP) is 16.8. The molecule has 63 heavy (non-hydrogen) atoms. The van der Waals surface area contributed by atoms with E-state index in [1.165, 1.54) is 75.8 Å². The second-order valence-corrected chi connectivity index (χ2v) is 18.0. The van der Waals surface area contributed by atoms with Crippen molar-refractivity contribution >= 4 is 39.0 Å². The highest BCUT2D eigenvalue weighted by molar-refractivity contribution is 6.06. The van der Waals surface area contributed by atoms with Gasteiger partial charge in [0, 0.05) is 33.1 Å². The van der Waals surface area contributed by atoms with Gasteiger partial charge < -0.3 is 9.32 Å². The minimum atomic E-state index is 0.129. The average molecular weight is 808 g/mol. The number of anilines is 3. The zero-order valence-corrected chi connectivity index (χ0v) is 35.0. The largest absolute Gasteiger partial charge is 0.456 e. The Bertz CT molecular complexity index is 3380. The van der Waals surface area contributed by atoms with Crippen molar-refractivity contribution in [1.82, 2.24) is 0 Å². The molecule has 2 fully saturated rings. The summed E-state index contributed by atoms with van der Waals surface area (Å²) in [6.07, 6.45) is 5.35. The zero-order valence-electron chi connectivity index (χ0n) is 35.0. The van der Waals surface area contributed by atoms with Crippen LogP contribution in [0.5, 0.6) is 0 Å². The molecular formula is C61H45NO. The van der Waals surface area contributed by atoms with E-state index >= 15 is 0 Å². The maximum atomic E-state index is 6.33. The first-order chi connectivity index (χ1) is 31.2. The summed E-state index contributed by atoms with van der Waals surface area (Å²) in [5, 5.41) is 2.29. The molecule has 2 heteroatoms. The maximum absolute atomic E-state index is 6.33. The van der Waals surface area contributed by atoms with Crippen molar-refractivity contribution < 1.29 is 4.42 Å². The van der Waals surface area contributed by atoms with Crippen LogP contribution >= 0.6 is 0 Å². The fraction of sp³-hybridized carbons (Fsp3) is 0.115. The molecule has 3 aliphatic rings. The van der Waals surface area contributed by atoms with E-state index in [2.05, 4.69) is 205 Å². The monoisotopic (exact) mass is 807 g/mol. The molecule has 2 nitrogen and oxygen atoms in total. The van der Waals surface area contributed by atoms with E-state index in [9.17, 15) is 0 Å². The topological polar surface area (TPSA) is 16.4 Å². The minimum absolute atomic E-state index is 0.129. The van der Waals surface area contributed by atoms with Crippen molar-refractivity contribution in [2.75, 3.05) is 4.90 Å². The molecule has 1 aromatic heterocycles. The van der Waals surface area contributed by atoms with Crippen LogP contribution in [0.4, 0.5) is 17.1 Å². The van der Waals surface area contributed by atoms with Crippen LogP contribution < -0.4 is 4.90 Å². The molecule has 0 aliphatic heterocycles. The number of para-hydroxylation sites is 2. The Balaban J connectivity index is 0.983. The summed E-state index contributed by atoms with van der Waals surface area (Å²) in [6.45, 7) is 0. The average Bonchev–Trinajstić information content (AvgIpc) is 4.14. The second-order valence-electron chi connectivity index (χ2n) is 18.0. The summed E-state index contributed by atoms with van der Waals surface area (Å²) >= 11 is 0. The van der Waals surface area contributed by atoms with Gasteiger partial charge in [-0.25, -0.2) is 0 Å². The van der Waals surface area contributed by atoms with Crippen LogP contribution in [-0.2, 0) is 5.41 Å². The highest BCUT2D eigenvalue weighted by Crippen LogP contribution is 2.66. The SMILES string of the molecule is c1ccc(-c2ccccc2-c2ccccc2-c2ccccc2N(c2ccc(-c3ccc4c(c3)oc3ccccc34)cc2)c2ccc3c(c2)-c2ccccc2C32CC3CCC2C3)cc1. The number of rotatable bonds is 7. The Morgan fingerprint density at radius 1 is 0.397 bits per heavy atom. The molecule has 3 aliphatic carbocycles. The first-order valence-corrected chi connectivity index (χ1v) is 22.6. The van der Waals surface area contributed by atoms with E-state index in [0.29, 0.717) is 5.92 Å². The lowest BCUT2D eigenvalue weighted by molar-refractivity contribution is 0.327. The van der Waals surface area contributed by atoms with Crippen molar-refractivity contribution in [3.8, 4) is 55.6 Å². The van der Waals surface area contributed by atoms with Gasteiger partial charge in [0.15, 0.2) is 0 Å². The van der Waals surface area contributed by atoms with Gasteiger partial charge in [-0.15, -0.1) is 0 Å². The molecule has 0 N–H and O–H groups in total. The van der Waals surface area contributed by atoms with Gasteiger partial charge in [-0.05, 0) is 141 Å². The van der Waals surface area contributed by atoms with Gasteiger partial charge in [0.05, 0.1) is 5.69 Å². The molecule has 1 spiro atoms. The molecule has 0 saturated heterocycles. The lowest BCUT2D eigenvalue weighted by Gasteiger charge is -2.36. The quantitative estimate of drug-likeness (QED) is 0.159. The number of furan rings is 1. The minimum Gasteiger partial charge on any atom is -0.456 e. The van der Waals surface area contributed by atoms with Crippen molar-refractivity contribution in [2.45, 2.75) is 31.1 Å². The fourth-order valence-corrected chi connectivity index (χ4v) is 12.1. The number of benzene rings is 9. The number of nitrogens with zero attached hydrogens (tertiary/aromatic N) is 1. The number of hydrogen-bond acceptors (Lipinski definition) is 2. The van der Waals surface area contributed by atoms with Gasteiger partial charge in [0.25, 0.3) is 0 Å². The van der Waals surface area contributed by atoms with Crippen LogP contribution in [0.25, 0.3) is 77.6 Å². The molecule has 0 amide bonds. The van der Waals surface area contributed by atoms with Crippen molar-refractivity contribution in [1.29, 1.82) is 0 Å². The molecule has 300 valence electrons. The molecule has 0 radical (unpaired) electrons. The van der Waals surface area contributed by atoms with Crippen molar-refractivity contribution in [3.63, 3.8) is 0 Å². The first kappa shape index (κ1) is 36.3. The van der Waals surface area contributed by atoms with E-state index in [4.69, 9.17) is 4.42 Å². The summed E-state index contributed by atoms with van der Waals surface area (Å²) in [7, 11) is 0. The zero-order chi connectivity index (χ0) is 41.5. The van der Waals surface area contributed by atoms with E-state index in [1.54, 1.807) is 5.56 Å². The van der Waals surface area contributed by atoms with E-state index in [1.807, 2.05) is 12.1 Å². The predicted molar refractivity (Wildman–Crippen MR) is 262 cm³/mol. The van der Waals surface area contributed by atoms with Gasteiger partial charge in [-0.3, -0.25) is 0 Å². The third-order valence-electron chi connectivity index (χ3n) is 14.8. The Morgan fingerprint density at radius 2 is 1.00 bits per heavy atom. The second kappa shape index (κ2) is 14.3. The van der Waals surface area contributed by atoms with Crippen LogP contribution in [0.15, 0.2) is 217 Å². The normalized spacial score (nSPS) is 18.3. The van der Waals surface area contributed by atoms with E-state index in [-0.39, 0.29) is 5.41 Å². The van der Waals surface area contributed by atoms with E-state index < -0.39 is 0 Å². The Morgan fingerprint density at radius 3 is 1.78 bits per heavy atom. The summed E-state index contributed by atoms with van der Waals surface area (Å²) in [5.74, 6) is 1.55. The third kappa shape index (κ3) is 5.64. The number of fused-ring (bicyclic) bond motifs is 11. The van der Waals surface area contributed by atoms with Crippen LogP contribution in [0, 0.1) is 11.8 Å². The summed E-state index contributed by atoms with van der Waals surface area (Å²) in [4.78, 5) is 2.50. The van der Waals surface area contributed by atoms with Crippen LogP contribution in [-0.4, -0.2) is 0 Å². The maximum Gasteiger partial charge on any atom is 0.136 e. The van der Waals surface area contributed by atoms with Crippen molar-refractivity contribution in [3.05, 3.63) is 223 Å². The van der Waals surface area contributed by atoms with Gasteiger partial charge in [-0.2, -0.15) is 0 Å². The van der Waals surface area contributed by atoms with Crippen LogP contribution in [0.1, 0.15) is 36.8 Å². The summed E-state index contributed by atoms with van der Waals surface area (Å²) in [6, 6.07) is 78.3. The molecule has 10 aromatic rings. The van der Waals surface area contributed by atoms with Crippen molar-refractivity contribution in [2.24, 2.45) is 11.8 Å². The summed E-state index contributed by atoms with van der Waals surface area (Å²) < 4.78 is 6.33. The first-order valence-electron chi connectivity index (χ1n) is 22.6. The van der Waals surface area contributed by atoms with Crippen LogP contribution in [0.2, 0.25) is 0 Å². The summed E-state index contributed by atoms with van der Waals surface area (Å²) in [5.41, 5.74) is 20.8. The fourth-order valence-electron chi connectivity index (χ4n) is 12.1. The molecule has 13 rings (SSSR count). The lowest BCUT2D eigenvalue weighted by atomic mass is 9.67. The van der Waals surface area contributed by atoms with Gasteiger partial charge in [-0.1, -0.05) is 170 Å². The Kier molecular flexibility index (Phi) is 8.24. The number of hydrogen-bond donors (Lipinski definition) is 0. The standard InChI is InChI=1S/C61H45NO/c1-2-14-42(15-3-1)47-16-4-5-17-48(47)49-18-6-7-19-50(49)52-21-9-12-24-58(52)62(45-31-27-41(28-32-45)43-29-34-54-53-22-10-13-25-59(53)63-60(54)37-43)46-33-35-57-55(38-46)51-20-8-11-23-56(51)61(57)39-40-26-30-44(61)36-40/h1-25,27-29,31-35,37-38,40,44H,26,30,36,39H2. The molecule has 3 unspecified atom stereocenters.